The summed E-state index contributed by atoms with van der Waals surface area (Å²) >= 11 is 5.49. The maximum absolute atomic E-state index is 8.37. The third-order valence-corrected chi connectivity index (χ3v) is 1.31. The molecule has 60 valence electrons. The van der Waals surface area contributed by atoms with Crippen molar-refractivity contribution in [2.45, 2.75) is 5.38 Å². The second kappa shape index (κ2) is 5.50. The molecule has 11 heavy (non-hydrogen) atoms. The molecule has 0 fully saturated rings. The minimum atomic E-state index is -0.794. The van der Waals surface area contributed by atoms with Crippen LogP contribution in [0.15, 0.2) is 10.3 Å². The first-order valence-electron chi connectivity index (χ1n) is 2.65. The van der Waals surface area contributed by atoms with Crippen LogP contribution in [-0.4, -0.2) is 28.2 Å². The molecule has 0 aliphatic heterocycles. The summed E-state index contributed by atoms with van der Waals surface area (Å²) < 4.78 is 0. The number of alkyl halides is 1. The zero-order valence-electron chi connectivity index (χ0n) is 5.42. The Bertz CT molecular complexity index is 198. The first-order valence-corrected chi connectivity index (χ1v) is 3.08. The zero-order valence-corrected chi connectivity index (χ0v) is 6.18. The van der Waals surface area contributed by atoms with E-state index in [1.807, 2.05) is 0 Å². The van der Waals surface area contributed by atoms with Crippen molar-refractivity contribution in [1.29, 1.82) is 5.26 Å². The van der Waals surface area contributed by atoms with Crippen LogP contribution in [0, 0.1) is 17.2 Å². The van der Waals surface area contributed by atoms with E-state index in [0.717, 1.165) is 12.4 Å². The van der Waals surface area contributed by atoms with E-state index in [-0.39, 0.29) is 0 Å². The van der Waals surface area contributed by atoms with Crippen LogP contribution < -0.4 is 0 Å². The van der Waals surface area contributed by atoms with Crippen molar-refractivity contribution in [3.63, 3.8) is 0 Å². The van der Waals surface area contributed by atoms with Crippen LogP contribution in [0.5, 0.6) is 0 Å². The van der Waals surface area contributed by atoms with Gasteiger partial charge in [0.1, 0.15) is 5.92 Å². The van der Waals surface area contributed by atoms with Crippen LogP contribution in [0.1, 0.15) is 0 Å². The topological polar surface area (TPSA) is 89.0 Å². The lowest BCUT2D eigenvalue weighted by Gasteiger charge is -2.02. The van der Waals surface area contributed by atoms with E-state index in [0.29, 0.717) is 0 Å². The molecule has 2 N–H and O–H groups in total. The Morgan fingerprint density at radius 3 is 2.27 bits per heavy atom. The van der Waals surface area contributed by atoms with E-state index >= 15 is 0 Å². The Hall–Kier alpha value is -1.28. The van der Waals surface area contributed by atoms with E-state index in [4.69, 9.17) is 27.3 Å². The largest absolute Gasteiger partial charge is 0.411 e. The summed E-state index contributed by atoms with van der Waals surface area (Å²) in [6.45, 7) is 0. The molecule has 0 bridgehead atoms. The molecule has 0 aromatic heterocycles. The molecule has 2 unspecified atom stereocenters. The molecule has 0 spiro atoms. The molecular formula is C5H6ClN3O2. The molecule has 5 nitrogen and oxygen atoms in total. The SMILES string of the molecule is N#CC(/C=N\O)C(Cl)/C=N\O. The van der Waals surface area contributed by atoms with Gasteiger partial charge in [-0.25, -0.2) is 0 Å². The van der Waals surface area contributed by atoms with Crippen molar-refractivity contribution in [2.75, 3.05) is 0 Å². The van der Waals surface area contributed by atoms with Crippen molar-refractivity contribution in [1.82, 2.24) is 0 Å². The number of rotatable bonds is 3. The van der Waals surface area contributed by atoms with Crippen molar-refractivity contribution in [3.05, 3.63) is 0 Å². The van der Waals surface area contributed by atoms with Crippen molar-refractivity contribution in [3.8, 4) is 6.07 Å². The summed E-state index contributed by atoms with van der Waals surface area (Å²) in [5.74, 6) is -0.794. The lowest BCUT2D eigenvalue weighted by Crippen LogP contribution is -2.15. The average Bonchev–Trinajstić information content (AvgIpc) is 2.00. The van der Waals surface area contributed by atoms with E-state index in [2.05, 4.69) is 10.3 Å². The van der Waals surface area contributed by atoms with Crippen molar-refractivity contribution in [2.24, 2.45) is 16.2 Å². The Balaban J connectivity index is 4.16. The molecule has 2 atom stereocenters. The first kappa shape index (κ1) is 9.72. The Kier molecular flexibility index (Phi) is 4.86. The highest BCUT2D eigenvalue weighted by Crippen LogP contribution is 2.05. The number of hydrogen-bond acceptors (Lipinski definition) is 5. The maximum atomic E-state index is 8.37. The van der Waals surface area contributed by atoms with Gasteiger partial charge in [0.25, 0.3) is 0 Å². The summed E-state index contributed by atoms with van der Waals surface area (Å²) in [6, 6.07) is 1.74. The van der Waals surface area contributed by atoms with Gasteiger partial charge >= 0.3 is 0 Å². The molecule has 0 saturated heterocycles. The molecule has 0 saturated carbocycles. The lowest BCUT2D eigenvalue weighted by atomic mass is 10.1. The zero-order chi connectivity index (χ0) is 8.69. The fourth-order valence-corrected chi connectivity index (χ4v) is 0.587. The van der Waals surface area contributed by atoms with Gasteiger partial charge in [-0.05, 0) is 0 Å². The highest BCUT2D eigenvalue weighted by atomic mass is 35.5. The predicted molar refractivity (Wildman–Crippen MR) is 39.3 cm³/mol. The van der Waals surface area contributed by atoms with Gasteiger partial charge in [-0.3, -0.25) is 0 Å². The predicted octanol–water partition coefficient (Wildman–Crippen LogP) is 0.654. The molecule has 0 heterocycles. The molecular weight excluding hydrogens is 170 g/mol. The number of halogens is 1. The summed E-state index contributed by atoms with van der Waals surface area (Å²) in [7, 11) is 0. The standard InChI is InChI=1S/C5H6ClN3O2/c6-5(3-9-11)4(1-7)2-8-10/h2-5,10-11H/b8-2-,9-3-. The summed E-state index contributed by atoms with van der Waals surface area (Å²) in [4.78, 5) is 0. The van der Waals surface area contributed by atoms with E-state index < -0.39 is 11.3 Å². The lowest BCUT2D eigenvalue weighted by molar-refractivity contribution is 0.317. The summed E-state index contributed by atoms with van der Waals surface area (Å²) in [6.07, 6.45) is 1.93. The van der Waals surface area contributed by atoms with Gasteiger partial charge in [0, 0.05) is 0 Å². The highest BCUT2D eigenvalue weighted by molar-refractivity contribution is 6.29. The maximum Gasteiger partial charge on any atom is 0.106 e. The van der Waals surface area contributed by atoms with E-state index in [1.165, 1.54) is 0 Å². The summed E-state index contributed by atoms with van der Waals surface area (Å²) in [5, 5.41) is 28.9. The van der Waals surface area contributed by atoms with E-state index in [1.54, 1.807) is 6.07 Å². The van der Waals surface area contributed by atoms with Crippen LogP contribution in [0.3, 0.4) is 0 Å². The molecule has 6 heteroatoms. The molecule has 0 rings (SSSR count). The third kappa shape index (κ3) is 3.43. The Morgan fingerprint density at radius 1 is 1.36 bits per heavy atom. The summed E-state index contributed by atoms with van der Waals surface area (Å²) in [5.41, 5.74) is 0. The van der Waals surface area contributed by atoms with Crippen LogP contribution in [-0.2, 0) is 0 Å². The quantitative estimate of drug-likeness (QED) is 0.286. The van der Waals surface area contributed by atoms with Gasteiger partial charge < -0.3 is 10.4 Å². The number of nitriles is 1. The molecule has 0 aliphatic rings. The van der Waals surface area contributed by atoms with Crippen LogP contribution in [0.25, 0.3) is 0 Å². The Labute approximate surface area is 68.2 Å². The number of hydrogen-bond donors (Lipinski definition) is 2. The van der Waals surface area contributed by atoms with Crippen molar-refractivity contribution < 1.29 is 10.4 Å². The number of nitrogens with zero attached hydrogens (tertiary/aromatic N) is 3. The van der Waals surface area contributed by atoms with Gasteiger partial charge in [0.15, 0.2) is 0 Å². The Morgan fingerprint density at radius 2 is 1.91 bits per heavy atom. The van der Waals surface area contributed by atoms with Crippen LogP contribution in [0.4, 0.5) is 0 Å². The first-order chi connectivity index (χ1) is 5.26. The van der Waals surface area contributed by atoms with Gasteiger partial charge in [-0.2, -0.15) is 5.26 Å². The monoisotopic (exact) mass is 175 g/mol. The van der Waals surface area contributed by atoms with Crippen molar-refractivity contribution >= 4 is 24.0 Å². The minimum Gasteiger partial charge on any atom is -0.411 e. The fourth-order valence-electron chi connectivity index (χ4n) is 0.415. The van der Waals surface area contributed by atoms with Crippen LogP contribution >= 0.6 is 11.6 Å². The van der Waals surface area contributed by atoms with Gasteiger partial charge in [0.05, 0.1) is 23.9 Å². The van der Waals surface area contributed by atoms with Gasteiger partial charge in [0.2, 0.25) is 0 Å². The minimum absolute atomic E-state index is 0.791. The molecule has 0 amide bonds. The normalized spacial score (nSPS) is 16.7. The molecule has 0 aliphatic carbocycles. The second-order valence-corrected chi connectivity index (χ2v) is 2.13. The fraction of sp³-hybridized carbons (Fsp3) is 0.400. The van der Waals surface area contributed by atoms with Gasteiger partial charge in [-0.1, -0.05) is 0 Å². The van der Waals surface area contributed by atoms with Gasteiger partial charge in [-0.15, -0.1) is 21.9 Å². The van der Waals surface area contributed by atoms with Crippen LogP contribution in [0.2, 0.25) is 0 Å². The molecule has 0 radical (unpaired) electrons. The highest BCUT2D eigenvalue weighted by Gasteiger charge is 2.14. The number of oxime groups is 2. The average molecular weight is 176 g/mol. The second-order valence-electron chi connectivity index (χ2n) is 1.63. The van der Waals surface area contributed by atoms with E-state index in [9.17, 15) is 0 Å². The molecule has 0 aromatic rings. The smallest absolute Gasteiger partial charge is 0.106 e. The third-order valence-electron chi connectivity index (χ3n) is 0.928. The molecule has 0 aromatic carbocycles.